The SMILES string of the molecule is NCCCC(=O)NCCCCCCCCCCNC(=O)CCCN. The molecule has 0 aliphatic heterocycles. The van der Waals surface area contributed by atoms with Gasteiger partial charge in [-0.25, -0.2) is 0 Å². The van der Waals surface area contributed by atoms with Crippen molar-refractivity contribution in [2.24, 2.45) is 11.5 Å². The van der Waals surface area contributed by atoms with Gasteiger partial charge in [0.15, 0.2) is 0 Å². The third-order valence-corrected chi connectivity index (χ3v) is 3.96. The number of amides is 2. The molecular weight excluding hydrogens is 304 g/mol. The molecular formula is C18H38N4O2. The van der Waals surface area contributed by atoms with Crippen LogP contribution in [0.1, 0.15) is 77.0 Å². The first-order valence-electron chi connectivity index (χ1n) is 9.64. The van der Waals surface area contributed by atoms with Gasteiger partial charge in [-0.2, -0.15) is 0 Å². The van der Waals surface area contributed by atoms with Crippen LogP contribution in [0.25, 0.3) is 0 Å². The molecule has 6 nitrogen and oxygen atoms in total. The molecule has 0 unspecified atom stereocenters. The molecule has 0 rings (SSSR count). The van der Waals surface area contributed by atoms with Crippen LogP contribution in [0.15, 0.2) is 0 Å². The lowest BCUT2D eigenvalue weighted by atomic mass is 10.1. The van der Waals surface area contributed by atoms with Gasteiger partial charge >= 0.3 is 0 Å². The zero-order chi connectivity index (χ0) is 17.9. The first kappa shape index (κ1) is 22.9. The van der Waals surface area contributed by atoms with Gasteiger partial charge in [0.1, 0.15) is 0 Å². The van der Waals surface area contributed by atoms with Gasteiger partial charge < -0.3 is 22.1 Å². The summed E-state index contributed by atoms with van der Waals surface area (Å²) in [5, 5.41) is 5.86. The van der Waals surface area contributed by atoms with E-state index in [0.717, 1.165) is 38.8 Å². The molecule has 0 aliphatic carbocycles. The number of rotatable bonds is 17. The number of carbonyl (C=O) groups is 2. The zero-order valence-electron chi connectivity index (χ0n) is 15.3. The standard InChI is InChI=1S/C18H38N4O2/c19-13-9-11-17(23)21-15-7-5-3-1-2-4-6-8-16-22-18(24)12-10-14-20/h1-16,19-20H2,(H,21,23)(H,22,24). The van der Waals surface area contributed by atoms with Gasteiger partial charge in [-0.15, -0.1) is 0 Å². The van der Waals surface area contributed by atoms with Crippen LogP contribution in [0.5, 0.6) is 0 Å². The van der Waals surface area contributed by atoms with Crippen molar-refractivity contribution < 1.29 is 9.59 Å². The van der Waals surface area contributed by atoms with E-state index in [0.29, 0.717) is 25.9 Å². The maximum Gasteiger partial charge on any atom is 0.220 e. The third-order valence-electron chi connectivity index (χ3n) is 3.96. The van der Waals surface area contributed by atoms with Crippen LogP contribution >= 0.6 is 0 Å². The van der Waals surface area contributed by atoms with Crippen molar-refractivity contribution in [2.45, 2.75) is 77.0 Å². The second-order valence-corrected chi connectivity index (χ2v) is 6.31. The molecule has 0 radical (unpaired) electrons. The van der Waals surface area contributed by atoms with Crippen LogP contribution in [0.4, 0.5) is 0 Å². The summed E-state index contributed by atoms with van der Waals surface area (Å²) in [6, 6.07) is 0. The Kier molecular flexibility index (Phi) is 17.3. The molecule has 0 aliphatic rings. The molecule has 2 amide bonds. The summed E-state index contributed by atoms with van der Waals surface area (Å²) in [6.07, 6.45) is 12.1. The highest BCUT2D eigenvalue weighted by atomic mass is 16.2. The van der Waals surface area contributed by atoms with Crippen LogP contribution in [-0.2, 0) is 9.59 Å². The summed E-state index contributed by atoms with van der Waals surface area (Å²) in [6.45, 7) is 2.72. The summed E-state index contributed by atoms with van der Waals surface area (Å²) in [4.78, 5) is 22.7. The molecule has 0 saturated carbocycles. The van der Waals surface area contributed by atoms with Crippen molar-refractivity contribution in [1.29, 1.82) is 0 Å². The van der Waals surface area contributed by atoms with E-state index in [-0.39, 0.29) is 11.8 Å². The fraction of sp³-hybridized carbons (Fsp3) is 0.889. The lowest BCUT2D eigenvalue weighted by molar-refractivity contribution is -0.122. The Morgan fingerprint density at radius 1 is 0.542 bits per heavy atom. The van der Waals surface area contributed by atoms with E-state index < -0.39 is 0 Å². The highest BCUT2D eigenvalue weighted by molar-refractivity contribution is 5.76. The number of nitrogens with two attached hydrogens (primary N) is 2. The highest BCUT2D eigenvalue weighted by Gasteiger charge is 2.00. The Morgan fingerprint density at radius 3 is 1.21 bits per heavy atom. The fourth-order valence-electron chi connectivity index (χ4n) is 2.47. The topological polar surface area (TPSA) is 110 Å². The molecule has 6 heteroatoms. The monoisotopic (exact) mass is 342 g/mol. The minimum absolute atomic E-state index is 0.121. The molecule has 0 heterocycles. The smallest absolute Gasteiger partial charge is 0.220 e. The van der Waals surface area contributed by atoms with Gasteiger partial charge in [0.2, 0.25) is 11.8 Å². The van der Waals surface area contributed by atoms with Crippen molar-refractivity contribution in [2.75, 3.05) is 26.2 Å². The van der Waals surface area contributed by atoms with Gasteiger partial charge in [-0.05, 0) is 38.8 Å². The van der Waals surface area contributed by atoms with E-state index >= 15 is 0 Å². The predicted molar refractivity (Wildman–Crippen MR) is 99.5 cm³/mol. The third kappa shape index (κ3) is 17.2. The van der Waals surface area contributed by atoms with Crippen LogP contribution < -0.4 is 22.1 Å². The lowest BCUT2D eigenvalue weighted by Gasteiger charge is -2.06. The quantitative estimate of drug-likeness (QED) is 0.302. The van der Waals surface area contributed by atoms with Gasteiger partial charge in [0.25, 0.3) is 0 Å². The minimum atomic E-state index is 0.121. The molecule has 0 aromatic carbocycles. The summed E-state index contributed by atoms with van der Waals surface area (Å²) in [5.41, 5.74) is 10.7. The Labute approximate surface area is 147 Å². The van der Waals surface area contributed by atoms with E-state index in [1.54, 1.807) is 0 Å². The largest absolute Gasteiger partial charge is 0.356 e. The van der Waals surface area contributed by atoms with Crippen molar-refractivity contribution >= 4 is 11.8 Å². The van der Waals surface area contributed by atoms with Gasteiger partial charge in [-0.1, -0.05) is 38.5 Å². The van der Waals surface area contributed by atoms with Crippen LogP contribution in [-0.4, -0.2) is 38.0 Å². The molecule has 0 aromatic heterocycles. The fourth-order valence-corrected chi connectivity index (χ4v) is 2.47. The first-order chi connectivity index (χ1) is 11.7. The summed E-state index contributed by atoms with van der Waals surface area (Å²) < 4.78 is 0. The number of nitrogens with one attached hydrogen (secondary N) is 2. The van der Waals surface area contributed by atoms with Gasteiger partial charge in [0, 0.05) is 25.9 Å². The average molecular weight is 343 g/mol. The molecule has 0 saturated heterocycles. The second-order valence-electron chi connectivity index (χ2n) is 6.31. The van der Waals surface area contributed by atoms with Crippen LogP contribution in [0.2, 0.25) is 0 Å². The molecule has 0 atom stereocenters. The van der Waals surface area contributed by atoms with Gasteiger partial charge in [0.05, 0.1) is 0 Å². The van der Waals surface area contributed by atoms with E-state index in [1.165, 1.54) is 38.5 Å². The summed E-state index contributed by atoms with van der Waals surface area (Å²) >= 11 is 0. The summed E-state index contributed by atoms with van der Waals surface area (Å²) in [7, 11) is 0. The van der Waals surface area contributed by atoms with E-state index in [1.807, 2.05) is 0 Å². The van der Waals surface area contributed by atoms with Crippen LogP contribution in [0.3, 0.4) is 0 Å². The lowest BCUT2D eigenvalue weighted by Crippen LogP contribution is -2.24. The van der Waals surface area contributed by atoms with Gasteiger partial charge in [-0.3, -0.25) is 9.59 Å². The maximum atomic E-state index is 11.4. The maximum absolute atomic E-state index is 11.4. The number of carbonyl (C=O) groups excluding carboxylic acids is 2. The summed E-state index contributed by atoms with van der Waals surface area (Å²) in [5.74, 6) is 0.242. The molecule has 0 aromatic rings. The van der Waals surface area contributed by atoms with Crippen molar-refractivity contribution in [1.82, 2.24) is 10.6 Å². The van der Waals surface area contributed by atoms with Crippen molar-refractivity contribution in [3.05, 3.63) is 0 Å². The van der Waals surface area contributed by atoms with Crippen molar-refractivity contribution in [3.63, 3.8) is 0 Å². The van der Waals surface area contributed by atoms with Crippen LogP contribution in [0, 0.1) is 0 Å². The molecule has 0 spiro atoms. The molecule has 0 fully saturated rings. The number of unbranched alkanes of at least 4 members (excludes halogenated alkanes) is 7. The number of hydrogen-bond donors (Lipinski definition) is 4. The molecule has 24 heavy (non-hydrogen) atoms. The molecule has 6 N–H and O–H groups in total. The first-order valence-corrected chi connectivity index (χ1v) is 9.64. The zero-order valence-corrected chi connectivity index (χ0v) is 15.3. The number of hydrogen-bond acceptors (Lipinski definition) is 4. The Bertz CT molecular complexity index is 281. The minimum Gasteiger partial charge on any atom is -0.356 e. The van der Waals surface area contributed by atoms with E-state index in [2.05, 4.69) is 10.6 Å². The highest BCUT2D eigenvalue weighted by Crippen LogP contribution is 2.08. The Morgan fingerprint density at radius 2 is 0.875 bits per heavy atom. The molecule has 142 valence electrons. The van der Waals surface area contributed by atoms with E-state index in [9.17, 15) is 9.59 Å². The normalized spacial score (nSPS) is 10.6. The Balaban J connectivity index is 3.15. The van der Waals surface area contributed by atoms with Crippen molar-refractivity contribution in [3.8, 4) is 0 Å². The second kappa shape index (κ2) is 18.2. The molecule has 0 bridgehead atoms. The van der Waals surface area contributed by atoms with E-state index in [4.69, 9.17) is 11.5 Å². The Hall–Kier alpha value is -1.14. The average Bonchev–Trinajstić information content (AvgIpc) is 2.58. The predicted octanol–water partition coefficient (Wildman–Crippen LogP) is 1.82.